The van der Waals surface area contributed by atoms with Crippen molar-refractivity contribution in [3.8, 4) is 0 Å². The first-order valence-corrected chi connectivity index (χ1v) is 4.47. The molecule has 0 unspecified atom stereocenters. The van der Waals surface area contributed by atoms with Gasteiger partial charge in [-0.05, 0) is 18.2 Å². The lowest BCUT2D eigenvalue weighted by molar-refractivity contribution is -0.134. The minimum atomic E-state index is -1.29. The highest BCUT2D eigenvalue weighted by molar-refractivity contribution is 5.95. The van der Waals surface area contributed by atoms with Gasteiger partial charge in [0.25, 0.3) is 0 Å². The second-order valence-corrected chi connectivity index (χ2v) is 3.16. The topological polar surface area (TPSA) is 124 Å². The molecule has 0 atom stereocenters. The van der Waals surface area contributed by atoms with Crippen LogP contribution in [0, 0.1) is 0 Å². The molecule has 0 aliphatic carbocycles. The zero-order valence-electron chi connectivity index (χ0n) is 8.51. The van der Waals surface area contributed by atoms with E-state index in [2.05, 4.69) is 5.32 Å². The summed E-state index contributed by atoms with van der Waals surface area (Å²) >= 11 is 0. The normalized spacial score (nSPS) is 9.65. The molecule has 0 aliphatic rings. The summed E-state index contributed by atoms with van der Waals surface area (Å²) in [6.07, 6.45) is 0. The Labute approximate surface area is 95.3 Å². The Kier molecular flexibility index (Phi) is 3.66. The molecule has 17 heavy (non-hydrogen) atoms. The Morgan fingerprint density at radius 1 is 0.941 bits per heavy atom. The van der Waals surface area contributed by atoms with Gasteiger partial charge in [0.05, 0.1) is 11.1 Å². The summed E-state index contributed by atoms with van der Waals surface area (Å²) in [6, 6.07) is 3.33. The van der Waals surface area contributed by atoms with Crippen molar-refractivity contribution in [1.29, 1.82) is 0 Å². The van der Waals surface area contributed by atoms with Crippen LogP contribution in [0.4, 0.5) is 5.69 Å². The molecule has 0 saturated carbocycles. The fourth-order valence-electron chi connectivity index (χ4n) is 1.15. The lowest BCUT2D eigenvalue weighted by atomic mass is 10.1. The molecule has 0 saturated heterocycles. The van der Waals surface area contributed by atoms with Gasteiger partial charge in [-0.25, -0.2) is 9.59 Å². The molecule has 4 N–H and O–H groups in total. The predicted octanol–water partition coefficient (Wildman–Crippen LogP) is 0.579. The van der Waals surface area contributed by atoms with E-state index in [1.807, 2.05) is 0 Å². The molecule has 7 heteroatoms. The lowest BCUT2D eigenvalue weighted by Gasteiger charge is -2.06. The van der Waals surface area contributed by atoms with E-state index < -0.39 is 24.5 Å². The van der Waals surface area contributed by atoms with Crippen LogP contribution in [0.1, 0.15) is 20.7 Å². The second kappa shape index (κ2) is 4.97. The van der Waals surface area contributed by atoms with Crippen molar-refractivity contribution in [2.75, 3.05) is 11.9 Å². The van der Waals surface area contributed by atoms with Crippen LogP contribution in [0.5, 0.6) is 0 Å². The molecule has 0 bridgehead atoms. The summed E-state index contributed by atoms with van der Waals surface area (Å²) in [6.45, 7) is -0.428. The Bertz CT molecular complexity index is 449. The maximum atomic E-state index is 10.7. The van der Waals surface area contributed by atoms with Crippen molar-refractivity contribution in [2.45, 2.75) is 0 Å². The molecular formula is C10H9NO6. The number of rotatable bonds is 5. The van der Waals surface area contributed by atoms with Gasteiger partial charge in [-0.15, -0.1) is 0 Å². The van der Waals surface area contributed by atoms with E-state index >= 15 is 0 Å². The van der Waals surface area contributed by atoms with Crippen LogP contribution in [0.2, 0.25) is 0 Å². The Balaban J connectivity index is 3.08. The number of carboxylic acids is 3. The van der Waals surface area contributed by atoms with E-state index in [4.69, 9.17) is 15.3 Å². The number of aromatic carboxylic acids is 2. The lowest BCUT2D eigenvalue weighted by Crippen LogP contribution is -2.13. The van der Waals surface area contributed by atoms with Crippen molar-refractivity contribution in [2.24, 2.45) is 0 Å². The standard InChI is InChI=1S/C10H9NO6/c12-8(13)4-11-7-2-5(9(14)15)1-6(3-7)10(16)17/h1-3,11H,4H2,(H,12,13)(H,14,15)(H,16,17). The van der Waals surface area contributed by atoms with Gasteiger partial charge in [-0.1, -0.05) is 0 Å². The number of benzene rings is 1. The molecule has 0 spiro atoms. The van der Waals surface area contributed by atoms with E-state index in [1.54, 1.807) is 0 Å². The second-order valence-electron chi connectivity index (χ2n) is 3.16. The van der Waals surface area contributed by atoms with Crippen molar-refractivity contribution < 1.29 is 29.7 Å². The summed E-state index contributed by atoms with van der Waals surface area (Å²) in [7, 11) is 0. The summed E-state index contributed by atoms with van der Waals surface area (Å²) in [5, 5.41) is 28.4. The van der Waals surface area contributed by atoms with Gasteiger partial charge in [-0.2, -0.15) is 0 Å². The minimum absolute atomic E-state index is 0.129. The zero-order chi connectivity index (χ0) is 13.0. The molecule has 0 aliphatic heterocycles. The van der Waals surface area contributed by atoms with Crippen LogP contribution in [-0.2, 0) is 4.79 Å². The fourth-order valence-corrected chi connectivity index (χ4v) is 1.15. The number of carboxylic acid groups (broad SMARTS) is 3. The first-order chi connectivity index (χ1) is 7.90. The van der Waals surface area contributed by atoms with Gasteiger partial charge < -0.3 is 20.6 Å². The highest BCUT2D eigenvalue weighted by Crippen LogP contribution is 2.15. The molecule has 0 aromatic heterocycles. The Morgan fingerprint density at radius 2 is 1.41 bits per heavy atom. The average molecular weight is 239 g/mol. The number of aliphatic carboxylic acids is 1. The van der Waals surface area contributed by atoms with Gasteiger partial charge in [0.2, 0.25) is 0 Å². The molecule has 90 valence electrons. The van der Waals surface area contributed by atoms with Gasteiger partial charge in [0, 0.05) is 5.69 Å². The van der Waals surface area contributed by atoms with Crippen LogP contribution in [0.15, 0.2) is 18.2 Å². The number of hydrogen-bond acceptors (Lipinski definition) is 4. The van der Waals surface area contributed by atoms with E-state index in [9.17, 15) is 14.4 Å². The van der Waals surface area contributed by atoms with Gasteiger partial charge in [-0.3, -0.25) is 4.79 Å². The molecule has 7 nitrogen and oxygen atoms in total. The number of anilines is 1. The first kappa shape index (κ1) is 12.5. The van der Waals surface area contributed by atoms with Crippen LogP contribution in [0.3, 0.4) is 0 Å². The first-order valence-electron chi connectivity index (χ1n) is 4.47. The van der Waals surface area contributed by atoms with Gasteiger partial charge in [0.1, 0.15) is 6.54 Å². The Hall–Kier alpha value is -2.57. The predicted molar refractivity (Wildman–Crippen MR) is 56.5 cm³/mol. The molecular weight excluding hydrogens is 230 g/mol. The molecule has 0 heterocycles. The van der Waals surface area contributed by atoms with Crippen molar-refractivity contribution in [3.63, 3.8) is 0 Å². The molecule has 0 fully saturated rings. The van der Waals surface area contributed by atoms with Gasteiger partial charge in [0.15, 0.2) is 0 Å². The van der Waals surface area contributed by atoms with Crippen LogP contribution in [0.25, 0.3) is 0 Å². The maximum absolute atomic E-state index is 10.7. The molecule has 1 aromatic rings. The quantitative estimate of drug-likeness (QED) is 0.592. The van der Waals surface area contributed by atoms with Crippen molar-refractivity contribution in [1.82, 2.24) is 0 Å². The Morgan fingerprint density at radius 3 is 1.76 bits per heavy atom. The molecule has 1 rings (SSSR count). The highest BCUT2D eigenvalue weighted by Gasteiger charge is 2.11. The van der Waals surface area contributed by atoms with Crippen LogP contribution in [-0.4, -0.2) is 39.8 Å². The van der Waals surface area contributed by atoms with Crippen LogP contribution >= 0.6 is 0 Å². The van der Waals surface area contributed by atoms with Crippen LogP contribution < -0.4 is 5.32 Å². The van der Waals surface area contributed by atoms with E-state index in [0.29, 0.717) is 0 Å². The van der Waals surface area contributed by atoms with Gasteiger partial charge >= 0.3 is 17.9 Å². The molecule has 1 aromatic carbocycles. The molecule has 0 radical (unpaired) electrons. The van der Waals surface area contributed by atoms with E-state index in [0.717, 1.165) is 18.2 Å². The number of hydrogen-bond donors (Lipinski definition) is 4. The third kappa shape index (κ3) is 3.49. The minimum Gasteiger partial charge on any atom is -0.480 e. The maximum Gasteiger partial charge on any atom is 0.335 e. The fraction of sp³-hybridized carbons (Fsp3) is 0.100. The smallest absolute Gasteiger partial charge is 0.335 e. The van der Waals surface area contributed by atoms with Crippen molar-refractivity contribution in [3.05, 3.63) is 29.3 Å². The summed E-state index contributed by atoms with van der Waals surface area (Å²) in [5.74, 6) is -3.71. The zero-order valence-corrected chi connectivity index (χ0v) is 8.51. The molecule has 0 amide bonds. The highest BCUT2D eigenvalue weighted by atomic mass is 16.4. The van der Waals surface area contributed by atoms with E-state index in [-0.39, 0.29) is 16.8 Å². The summed E-state index contributed by atoms with van der Waals surface area (Å²) in [4.78, 5) is 31.8. The average Bonchev–Trinajstić information content (AvgIpc) is 2.25. The summed E-state index contributed by atoms with van der Waals surface area (Å²) in [5.41, 5.74) is -0.319. The largest absolute Gasteiger partial charge is 0.480 e. The van der Waals surface area contributed by atoms with Crippen molar-refractivity contribution >= 4 is 23.6 Å². The third-order valence-electron chi connectivity index (χ3n) is 1.87. The van der Waals surface area contributed by atoms with E-state index in [1.165, 1.54) is 0 Å². The SMILES string of the molecule is O=C(O)CNc1cc(C(=O)O)cc(C(=O)O)c1. The summed E-state index contributed by atoms with van der Waals surface area (Å²) < 4.78 is 0. The number of nitrogens with one attached hydrogen (secondary N) is 1. The third-order valence-corrected chi connectivity index (χ3v) is 1.87. The monoisotopic (exact) mass is 239 g/mol. The number of carbonyl (C=O) groups is 3.